The van der Waals surface area contributed by atoms with Gasteiger partial charge in [-0.1, -0.05) is 30.3 Å². The number of aromatic nitrogens is 2. The summed E-state index contributed by atoms with van der Waals surface area (Å²) in [4.78, 5) is 0. The molecule has 0 saturated heterocycles. The highest BCUT2D eigenvalue weighted by molar-refractivity contribution is 7.89. The number of benzene rings is 2. The molecule has 0 spiro atoms. The molecule has 14 heteroatoms. The standard InChI is InChI=1S/C24H25F6N3O4S/c1-4-33-20(37-18-10-8-15(9-11-18)21(34)24(28,29)30)13-19(31-33)16-6-5-7-17(12-16)22(2,3)32-38(35,36)14-23(25,26)27/h5-13,21,32,34H,4,14H2,1-3H3. The summed E-state index contributed by atoms with van der Waals surface area (Å²) in [5.41, 5.74) is -0.420. The summed E-state index contributed by atoms with van der Waals surface area (Å²) in [5.74, 6) is -1.57. The Kier molecular flexibility index (Phi) is 8.20. The van der Waals surface area contributed by atoms with Gasteiger partial charge in [0.05, 0.1) is 11.2 Å². The normalized spacial score (nSPS) is 13.9. The van der Waals surface area contributed by atoms with E-state index in [0.717, 1.165) is 12.1 Å². The van der Waals surface area contributed by atoms with Gasteiger partial charge < -0.3 is 9.84 Å². The second-order valence-electron chi connectivity index (χ2n) is 8.98. The van der Waals surface area contributed by atoms with Gasteiger partial charge in [0.25, 0.3) is 0 Å². The van der Waals surface area contributed by atoms with Crippen LogP contribution in [0.1, 0.15) is 38.0 Å². The molecule has 1 atom stereocenters. The van der Waals surface area contributed by atoms with E-state index in [-0.39, 0.29) is 17.2 Å². The van der Waals surface area contributed by atoms with Crippen LogP contribution >= 0.6 is 0 Å². The summed E-state index contributed by atoms with van der Waals surface area (Å²) in [6.45, 7) is 5.00. The van der Waals surface area contributed by atoms with Crippen LogP contribution < -0.4 is 9.46 Å². The van der Waals surface area contributed by atoms with Crippen molar-refractivity contribution in [1.82, 2.24) is 14.5 Å². The Morgan fingerprint density at radius 1 is 1.03 bits per heavy atom. The number of aryl methyl sites for hydroxylation is 1. The summed E-state index contributed by atoms with van der Waals surface area (Å²) in [6, 6.07) is 12.7. The predicted octanol–water partition coefficient (Wildman–Crippen LogP) is 5.67. The Bertz CT molecular complexity index is 1370. The molecule has 0 saturated carbocycles. The van der Waals surface area contributed by atoms with E-state index in [1.54, 1.807) is 37.3 Å². The van der Waals surface area contributed by atoms with Crippen molar-refractivity contribution in [2.75, 3.05) is 5.75 Å². The van der Waals surface area contributed by atoms with Crippen LogP contribution in [0.4, 0.5) is 26.3 Å². The maximum absolute atomic E-state index is 12.7. The van der Waals surface area contributed by atoms with Crippen LogP contribution in [-0.2, 0) is 22.1 Å². The second-order valence-corrected chi connectivity index (χ2v) is 10.7. The minimum absolute atomic E-state index is 0.193. The number of halogens is 6. The molecule has 1 aromatic heterocycles. The third-order valence-electron chi connectivity index (χ3n) is 5.42. The van der Waals surface area contributed by atoms with E-state index in [2.05, 4.69) is 9.82 Å². The van der Waals surface area contributed by atoms with Gasteiger partial charge in [-0.2, -0.15) is 31.4 Å². The Labute approximate surface area is 215 Å². The molecule has 0 radical (unpaired) electrons. The molecule has 0 fully saturated rings. The van der Waals surface area contributed by atoms with E-state index < -0.39 is 39.8 Å². The Hall–Kier alpha value is -3.10. The van der Waals surface area contributed by atoms with Crippen molar-refractivity contribution >= 4 is 10.0 Å². The summed E-state index contributed by atoms with van der Waals surface area (Å²) >= 11 is 0. The van der Waals surface area contributed by atoms with Crippen molar-refractivity contribution in [1.29, 1.82) is 0 Å². The van der Waals surface area contributed by atoms with E-state index in [0.29, 0.717) is 23.4 Å². The number of nitrogens with one attached hydrogen (secondary N) is 1. The summed E-state index contributed by atoms with van der Waals surface area (Å²) in [7, 11) is -4.67. The molecule has 1 unspecified atom stereocenters. The van der Waals surface area contributed by atoms with Gasteiger partial charge in [-0.25, -0.2) is 17.8 Å². The zero-order valence-corrected chi connectivity index (χ0v) is 21.2. The minimum Gasteiger partial charge on any atom is -0.439 e. The highest BCUT2D eigenvalue weighted by Crippen LogP contribution is 2.34. The lowest BCUT2D eigenvalue weighted by atomic mass is 9.93. The number of ether oxygens (including phenoxy) is 1. The lowest BCUT2D eigenvalue weighted by molar-refractivity contribution is -0.206. The van der Waals surface area contributed by atoms with Crippen LogP contribution in [0.2, 0.25) is 0 Å². The Morgan fingerprint density at radius 2 is 1.66 bits per heavy atom. The SMILES string of the molecule is CCn1nc(-c2cccc(C(C)(C)NS(=O)(=O)CC(F)(F)F)c2)cc1Oc1ccc(C(O)C(F)(F)F)cc1. The van der Waals surface area contributed by atoms with Crippen molar-refractivity contribution in [3.8, 4) is 22.9 Å². The first-order chi connectivity index (χ1) is 17.4. The van der Waals surface area contributed by atoms with Crippen molar-refractivity contribution in [3.05, 3.63) is 65.7 Å². The highest BCUT2D eigenvalue weighted by atomic mass is 32.2. The maximum atomic E-state index is 12.7. The topological polar surface area (TPSA) is 93.5 Å². The third kappa shape index (κ3) is 7.48. The lowest BCUT2D eigenvalue weighted by Gasteiger charge is -2.27. The van der Waals surface area contributed by atoms with Crippen molar-refractivity contribution in [2.45, 2.75) is 51.3 Å². The number of hydrogen-bond donors (Lipinski definition) is 2. The monoisotopic (exact) mass is 565 g/mol. The Balaban J connectivity index is 1.85. The van der Waals surface area contributed by atoms with Crippen LogP contribution in [0.15, 0.2) is 54.6 Å². The van der Waals surface area contributed by atoms with E-state index in [1.807, 2.05) is 0 Å². The van der Waals surface area contributed by atoms with Gasteiger partial charge in [0.15, 0.2) is 11.9 Å². The quantitative estimate of drug-likeness (QED) is 0.326. The zero-order chi connectivity index (χ0) is 28.5. The smallest absolute Gasteiger partial charge is 0.418 e. The Morgan fingerprint density at radius 3 is 2.21 bits per heavy atom. The average Bonchev–Trinajstić information content (AvgIpc) is 3.19. The van der Waals surface area contributed by atoms with Crippen molar-refractivity contribution < 1.29 is 44.6 Å². The second kappa shape index (κ2) is 10.6. The van der Waals surface area contributed by atoms with E-state index in [9.17, 15) is 39.9 Å². The molecule has 2 aromatic carbocycles. The molecule has 0 aliphatic carbocycles. The molecular weight excluding hydrogens is 540 g/mol. The van der Waals surface area contributed by atoms with Gasteiger partial charge in [0.2, 0.25) is 15.9 Å². The van der Waals surface area contributed by atoms with Crippen LogP contribution in [0.25, 0.3) is 11.3 Å². The summed E-state index contributed by atoms with van der Waals surface area (Å²) in [6.07, 6.45) is -12.3. The molecule has 0 amide bonds. The molecule has 38 heavy (non-hydrogen) atoms. The fraction of sp³-hybridized carbons (Fsp3) is 0.375. The van der Waals surface area contributed by atoms with Gasteiger partial charge in [-0.3, -0.25) is 0 Å². The van der Waals surface area contributed by atoms with Gasteiger partial charge in [-0.05, 0) is 50.1 Å². The molecule has 2 N–H and O–H groups in total. The fourth-order valence-corrected chi connectivity index (χ4v) is 5.04. The molecule has 3 aromatic rings. The molecular formula is C24H25F6N3O4S. The number of nitrogens with zero attached hydrogens (tertiary/aromatic N) is 2. The number of rotatable bonds is 9. The van der Waals surface area contributed by atoms with E-state index in [1.165, 1.54) is 30.7 Å². The number of aliphatic hydroxyl groups is 1. The molecule has 0 bridgehead atoms. The third-order valence-corrected chi connectivity index (χ3v) is 6.94. The first kappa shape index (κ1) is 29.5. The van der Waals surface area contributed by atoms with Crippen LogP contribution in [0, 0.1) is 0 Å². The number of alkyl halides is 6. The first-order valence-electron chi connectivity index (χ1n) is 11.2. The largest absolute Gasteiger partial charge is 0.439 e. The van der Waals surface area contributed by atoms with E-state index >= 15 is 0 Å². The molecule has 208 valence electrons. The fourth-order valence-electron chi connectivity index (χ4n) is 3.64. The first-order valence-corrected chi connectivity index (χ1v) is 12.9. The highest BCUT2D eigenvalue weighted by Gasteiger charge is 2.39. The summed E-state index contributed by atoms with van der Waals surface area (Å²) < 4.78 is 109. The van der Waals surface area contributed by atoms with Crippen LogP contribution in [0.3, 0.4) is 0 Å². The number of sulfonamides is 1. The van der Waals surface area contributed by atoms with Gasteiger partial charge in [0.1, 0.15) is 5.75 Å². The maximum Gasteiger partial charge on any atom is 0.418 e. The predicted molar refractivity (Wildman–Crippen MR) is 127 cm³/mol. The molecule has 7 nitrogen and oxygen atoms in total. The summed E-state index contributed by atoms with van der Waals surface area (Å²) in [5, 5.41) is 13.8. The number of aliphatic hydroxyl groups excluding tert-OH is 1. The van der Waals surface area contributed by atoms with E-state index in [4.69, 9.17) is 4.74 Å². The van der Waals surface area contributed by atoms with Gasteiger partial charge in [-0.15, -0.1) is 0 Å². The van der Waals surface area contributed by atoms with Crippen molar-refractivity contribution in [3.63, 3.8) is 0 Å². The molecule has 0 aliphatic heterocycles. The lowest BCUT2D eigenvalue weighted by Crippen LogP contribution is -2.44. The zero-order valence-electron chi connectivity index (χ0n) is 20.4. The van der Waals surface area contributed by atoms with Crippen LogP contribution in [0.5, 0.6) is 11.6 Å². The molecule has 0 aliphatic rings. The minimum atomic E-state index is -4.90. The molecule has 3 rings (SSSR count). The number of hydrogen-bond acceptors (Lipinski definition) is 5. The van der Waals surface area contributed by atoms with Gasteiger partial charge >= 0.3 is 12.4 Å². The van der Waals surface area contributed by atoms with Gasteiger partial charge in [0, 0.05) is 18.2 Å². The van der Waals surface area contributed by atoms with Crippen molar-refractivity contribution in [2.24, 2.45) is 0 Å². The van der Waals surface area contributed by atoms with Crippen LogP contribution in [-0.4, -0.2) is 41.4 Å². The molecule has 1 heterocycles. The average molecular weight is 566 g/mol.